The van der Waals surface area contributed by atoms with Gasteiger partial charge in [0.1, 0.15) is 0 Å². The van der Waals surface area contributed by atoms with Crippen molar-refractivity contribution in [1.82, 2.24) is 0 Å². The highest BCUT2D eigenvalue weighted by Gasteiger charge is 2.21. The molecule has 0 aromatic heterocycles. The summed E-state index contributed by atoms with van der Waals surface area (Å²) < 4.78 is 19.9. The van der Waals surface area contributed by atoms with Crippen molar-refractivity contribution in [3.05, 3.63) is 0 Å². The van der Waals surface area contributed by atoms with Crippen LogP contribution in [0.25, 0.3) is 0 Å². The Morgan fingerprint density at radius 2 is 0.811 bits per heavy atom. The molecular weight excluding hydrogens is 472 g/mol. The molecule has 0 amide bonds. The van der Waals surface area contributed by atoms with E-state index in [2.05, 4.69) is 41.5 Å². The van der Waals surface area contributed by atoms with Gasteiger partial charge in [-0.3, -0.25) is 9.59 Å². The topological polar surface area (TPSA) is 88.1 Å². The Labute approximate surface area is 227 Å². The summed E-state index contributed by atoms with van der Waals surface area (Å²) >= 11 is 0. The van der Waals surface area contributed by atoms with E-state index in [1.165, 1.54) is 0 Å². The maximum absolute atomic E-state index is 11.7. The first-order chi connectivity index (χ1) is 16.4. The summed E-state index contributed by atoms with van der Waals surface area (Å²) in [5, 5.41) is 0. The van der Waals surface area contributed by atoms with Gasteiger partial charge >= 0.3 is 18.1 Å². The van der Waals surface area contributed by atoms with Crippen molar-refractivity contribution in [3.63, 3.8) is 0 Å². The van der Waals surface area contributed by atoms with E-state index in [4.69, 9.17) is 18.9 Å². The van der Waals surface area contributed by atoms with E-state index >= 15 is 0 Å². The summed E-state index contributed by atoms with van der Waals surface area (Å²) in [6.07, 6.45) is 2.04. The number of rotatable bonds is 10. The van der Waals surface area contributed by atoms with Gasteiger partial charge in [0.25, 0.3) is 0 Å². The SMILES string of the molecule is CC(C)(C)COC(=O)OCC(C)(C)C.CC(CC(=O)OCOC(=O)CC(C)CC(C)(C)C)CC(C)(C)C. The van der Waals surface area contributed by atoms with Crippen molar-refractivity contribution < 1.29 is 33.3 Å². The van der Waals surface area contributed by atoms with Gasteiger partial charge in [-0.2, -0.15) is 0 Å². The van der Waals surface area contributed by atoms with Crippen molar-refractivity contribution in [2.45, 2.75) is 123 Å². The van der Waals surface area contributed by atoms with E-state index in [0.717, 1.165) is 12.8 Å². The Bertz CT molecular complexity index is 614. The van der Waals surface area contributed by atoms with Crippen molar-refractivity contribution in [2.75, 3.05) is 20.0 Å². The molecule has 7 nitrogen and oxygen atoms in total. The minimum absolute atomic E-state index is 0.0131. The first-order valence-electron chi connectivity index (χ1n) is 13.5. The normalized spacial score (nSPS) is 14.0. The van der Waals surface area contributed by atoms with Gasteiger partial charge in [0.15, 0.2) is 0 Å². The number of esters is 2. The smallest absolute Gasteiger partial charge is 0.434 e. The van der Waals surface area contributed by atoms with Crippen LogP contribution in [0.15, 0.2) is 0 Å². The molecule has 220 valence electrons. The summed E-state index contributed by atoms with van der Waals surface area (Å²) in [5.74, 6) is -0.107. The molecule has 2 unspecified atom stereocenters. The second kappa shape index (κ2) is 16.2. The molecule has 0 aliphatic heterocycles. The molecule has 0 saturated heterocycles. The second-order valence-corrected chi connectivity index (χ2v) is 15.2. The van der Waals surface area contributed by atoms with Crippen molar-refractivity contribution in [3.8, 4) is 0 Å². The lowest BCUT2D eigenvalue weighted by molar-refractivity contribution is -0.168. The van der Waals surface area contributed by atoms with Crippen molar-refractivity contribution in [1.29, 1.82) is 0 Å². The third-order valence-electron chi connectivity index (χ3n) is 4.64. The maximum atomic E-state index is 11.7. The lowest BCUT2D eigenvalue weighted by atomic mass is 9.84. The molecule has 0 heterocycles. The average molecular weight is 531 g/mol. The zero-order valence-corrected chi connectivity index (χ0v) is 26.5. The highest BCUT2D eigenvalue weighted by atomic mass is 16.7. The standard InChI is InChI=1S/C19H36O4.C11H22O3/c1-14(11-18(3,4)5)9-16(20)22-13-23-17(21)10-15(2)12-19(6,7)8;1-10(2,3)7-13-9(12)14-8-11(4,5)6/h14-15H,9-13H2,1-8H3;7-8H2,1-6H3. The molecule has 0 aromatic carbocycles. The molecule has 0 aliphatic carbocycles. The van der Waals surface area contributed by atoms with Gasteiger partial charge < -0.3 is 18.9 Å². The largest absolute Gasteiger partial charge is 0.508 e. The highest BCUT2D eigenvalue weighted by molar-refractivity contribution is 5.71. The fourth-order valence-corrected chi connectivity index (χ4v) is 3.68. The Balaban J connectivity index is 0. The lowest BCUT2D eigenvalue weighted by Crippen LogP contribution is -2.22. The molecule has 0 aromatic rings. The van der Waals surface area contributed by atoms with Crippen LogP contribution in [0.1, 0.15) is 123 Å². The van der Waals surface area contributed by atoms with E-state index in [0.29, 0.717) is 26.1 Å². The molecule has 0 N–H and O–H groups in total. The van der Waals surface area contributed by atoms with Gasteiger partial charge in [0, 0.05) is 12.8 Å². The molecular formula is C30H58O7. The van der Waals surface area contributed by atoms with E-state index < -0.39 is 6.16 Å². The van der Waals surface area contributed by atoms with Crippen LogP contribution in [-0.4, -0.2) is 38.1 Å². The van der Waals surface area contributed by atoms with Crippen molar-refractivity contribution in [2.24, 2.45) is 33.5 Å². The molecule has 7 heteroatoms. The van der Waals surface area contributed by atoms with Crippen LogP contribution in [0.4, 0.5) is 4.79 Å². The zero-order valence-electron chi connectivity index (χ0n) is 26.5. The fourth-order valence-electron chi connectivity index (χ4n) is 3.68. The van der Waals surface area contributed by atoms with Gasteiger partial charge in [-0.05, 0) is 46.3 Å². The molecule has 2 atom stereocenters. The Morgan fingerprint density at radius 3 is 1.05 bits per heavy atom. The third-order valence-corrected chi connectivity index (χ3v) is 4.64. The zero-order chi connectivity index (χ0) is 29.7. The Morgan fingerprint density at radius 1 is 0.514 bits per heavy atom. The van der Waals surface area contributed by atoms with Gasteiger partial charge in [-0.1, -0.05) is 96.9 Å². The summed E-state index contributed by atoms with van der Waals surface area (Å²) in [6, 6.07) is 0. The number of hydrogen-bond donors (Lipinski definition) is 0. The molecule has 0 fully saturated rings. The van der Waals surface area contributed by atoms with Crippen LogP contribution in [0.5, 0.6) is 0 Å². The molecule has 0 bridgehead atoms. The number of ether oxygens (including phenoxy) is 4. The van der Waals surface area contributed by atoms with Crippen LogP contribution in [0, 0.1) is 33.5 Å². The van der Waals surface area contributed by atoms with Crippen LogP contribution in [0.3, 0.4) is 0 Å². The van der Waals surface area contributed by atoms with Gasteiger partial charge in [0.2, 0.25) is 6.79 Å². The van der Waals surface area contributed by atoms with Crippen LogP contribution in [0.2, 0.25) is 0 Å². The minimum atomic E-state index is -0.574. The fraction of sp³-hybridized carbons (Fsp3) is 0.900. The summed E-state index contributed by atoms with van der Waals surface area (Å²) in [4.78, 5) is 34.5. The third kappa shape index (κ3) is 30.3. The molecule has 0 rings (SSSR count). The average Bonchev–Trinajstić information content (AvgIpc) is 2.60. The van der Waals surface area contributed by atoms with Crippen LogP contribution in [-0.2, 0) is 28.5 Å². The van der Waals surface area contributed by atoms with E-state index in [9.17, 15) is 14.4 Å². The molecule has 0 saturated carbocycles. The number of carbonyl (C=O) groups is 3. The first-order valence-corrected chi connectivity index (χ1v) is 13.5. The molecule has 0 aliphatic rings. The van der Waals surface area contributed by atoms with Crippen LogP contribution < -0.4 is 0 Å². The summed E-state index contributed by atoms with van der Waals surface area (Å²) in [6.45, 7) is 29.5. The first kappa shape index (κ1) is 37.4. The van der Waals surface area contributed by atoms with E-state index in [1.54, 1.807) is 0 Å². The van der Waals surface area contributed by atoms with Crippen LogP contribution >= 0.6 is 0 Å². The highest BCUT2D eigenvalue weighted by Crippen LogP contribution is 2.27. The van der Waals surface area contributed by atoms with Gasteiger partial charge in [0.05, 0.1) is 13.2 Å². The van der Waals surface area contributed by atoms with Crippen molar-refractivity contribution >= 4 is 18.1 Å². The second-order valence-electron chi connectivity index (χ2n) is 15.2. The van der Waals surface area contributed by atoms with E-state index in [-0.39, 0.29) is 52.2 Å². The Hall–Kier alpha value is -1.79. The predicted octanol–water partition coefficient (Wildman–Crippen LogP) is 8.19. The minimum Gasteiger partial charge on any atom is -0.434 e. The van der Waals surface area contributed by atoms with E-state index in [1.807, 2.05) is 55.4 Å². The lowest BCUT2D eigenvalue weighted by Gasteiger charge is -2.23. The summed E-state index contributed by atoms with van der Waals surface area (Å²) in [5.41, 5.74) is 0.353. The molecule has 0 spiro atoms. The monoisotopic (exact) mass is 530 g/mol. The molecule has 37 heavy (non-hydrogen) atoms. The predicted molar refractivity (Wildman–Crippen MR) is 149 cm³/mol. The maximum Gasteiger partial charge on any atom is 0.508 e. The number of hydrogen-bond acceptors (Lipinski definition) is 7. The Kier molecular flexibility index (Phi) is 16.4. The van der Waals surface area contributed by atoms with Gasteiger partial charge in [-0.15, -0.1) is 0 Å². The summed E-state index contributed by atoms with van der Waals surface area (Å²) in [7, 11) is 0. The number of carbonyl (C=O) groups excluding carboxylic acids is 3. The van der Waals surface area contributed by atoms with Gasteiger partial charge in [-0.25, -0.2) is 4.79 Å². The molecule has 0 radical (unpaired) electrons. The quantitative estimate of drug-likeness (QED) is 0.208.